The minimum atomic E-state index is -0.774. The number of rotatable bonds is 2. The first-order valence-electron chi connectivity index (χ1n) is 4.04. The number of allylic oxidation sites excluding steroid dienone is 1. The Morgan fingerprint density at radius 2 is 1.77 bits per heavy atom. The van der Waals surface area contributed by atoms with Crippen LogP contribution in [0.3, 0.4) is 0 Å². The second-order valence-electron chi connectivity index (χ2n) is 4.06. The lowest BCUT2D eigenvalue weighted by molar-refractivity contribution is -0.139. The lowest BCUT2D eigenvalue weighted by Crippen LogP contribution is -2.03. The molecule has 2 nitrogen and oxygen atoms in total. The van der Waals surface area contributed by atoms with Crippen LogP contribution in [0.4, 0.5) is 0 Å². The summed E-state index contributed by atoms with van der Waals surface area (Å²) in [7, 11) is 0. The molecule has 1 N–H and O–H groups in total. The highest BCUT2D eigenvalue weighted by molar-refractivity contribution is 6.56. The van der Waals surface area contributed by atoms with E-state index in [-0.39, 0.29) is 21.7 Å². The van der Waals surface area contributed by atoms with Crippen molar-refractivity contribution in [1.29, 1.82) is 0 Å². The number of carbonyl (C=O) groups is 1. The van der Waals surface area contributed by atoms with Gasteiger partial charge in [0.1, 0.15) is 4.49 Å². The number of carboxylic acids is 1. The maximum atomic E-state index is 10.8. The summed E-state index contributed by atoms with van der Waals surface area (Å²) in [6, 6.07) is 0. The molecular formula is C9H12Cl2O2. The summed E-state index contributed by atoms with van der Waals surface area (Å²) in [6.45, 7) is 5.61. The van der Waals surface area contributed by atoms with E-state index >= 15 is 0 Å². The maximum Gasteiger partial charge on any atom is 0.307 e. The van der Waals surface area contributed by atoms with E-state index in [1.807, 2.05) is 13.8 Å². The molecule has 4 heteroatoms. The van der Waals surface area contributed by atoms with Crippen LogP contribution >= 0.6 is 23.2 Å². The molecule has 0 aromatic rings. The average molecular weight is 223 g/mol. The van der Waals surface area contributed by atoms with E-state index in [0.29, 0.717) is 0 Å². The summed E-state index contributed by atoms with van der Waals surface area (Å²) in [5, 5.41) is 8.88. The van der Waals surface area contributed by atoms with E-state index in [0.717, 1.165) is 5.57 Å². The first-order valence-corrected chi connectivity index (χ1v) is 4.80. The van der Waals surface area contributed by atoms with Crippen LogP contribution < -0.4 is 0 Å². The Morgan fingerprint density at radius 1 is 1.31 bits per heavy atom. The fourth-order valence-corrected chi connectivity index (χ4v) is 2.26. The van der Waals surface area contributed by atoms with Gasteiger partial charge >= 0.3 is 5.97 Å². The fraction of sp³-hybridized carbons (Fsp3) is 0.667. The van der Waals surface area contributed by atoms with Crippen molar-refractivity contribution in [3.05, 3.63) is 10.1 Å². The minimum absolute atomic E-state index is 0.0185. The van der Waals surface area contributed by atoms with Crippen LogP contribution in [0.15, 0.2) is 10.1 Å². The van der Waals surface area contributed by atoms with E-state index < -0.39 is 5.97 Å². The zero-order valence-electron chi connectivity index (χ0n) is 7.77. The van der Waals surface area contributed by atoms with Gasteiger partial charge in [0.05, 0.1) is 5.92 Å². The predicted molar refractivity (Wildman–Crippen MR) is 52.8 cm³/mol. The molecule has 0 aromatic carbocycles. The van der Waals surface area contributed by atoms with Gasteiger partial charge in [-0.15, -0.1) is 0 Å². The van der Waals surface area contributed by atoms with E-state index in [4.69, 9.17) is 28.3 Å². The summed E-state index contributed by atoms with van der Waals surface area (Å²) < 4.78 is 0.196. The van der Waals surface area contributed by atoms with Gasteiger partial charge in [0.15, 0.2) is 0 Å². The van der Waals surface area contributed by atoms with Crippen molar-refractivity contribution in [3.63, 3.8) is 0 Å². The van der Waals surface area contributed by atoms with Gasteiger partial charge in [0, 0.05) is 5.92 Å². The van der Waals surface area contributed by atoms with Crippen LogP contribution in [-0.4, -0.2) is 11.1 Å². The van der Waals surface area contributed by atoms with E-state index in [9.17, 15) is 4.79 Å². The van der Waals surface area contributed by atoms with E-state index in [1.165, 1.54) is 0 Å². The second kappa shape index (κ2) is 3.18. The predicted octanol–water partition coefficient (Wildman–Crippen LogP) is 3.05. The molecule has 0 radical (unpaired) electrons. The van der Waals surface area contributed by atoms with Crippen LogP contribution in [0, 0.1) is 17.3 Å². The lowest BCUT2D eigenvalue weighted by atomic mass is 10.1. The first kappa shape index (κ1) is 10.9. The van der Waals surface area contributed by atoms with Gasteiger partial charge in [-0.2, -0.15) is 0 Å². The SMILES string of the molecule is CC(=C(Cl)Cl)C1C(C(=O)O)C1(C)C. The summed E-state index contributed by atoms with van der Waals surface area (Å²) in [6.07, 6.45) is 0. The quantitative estimate of drug-likeness (QED) is 0.781. The van der Waals surface area contributed by atoms with Crippen LogP contribution in [0.25, 0.3) is 0 Å². The third kappa shape index (κ3) is 1.70. The molecule has 1 saturated carbocycles. The highest BCUT2D eigenvalue weighted by Gasteiger charge is 2.63. The van der Waals surface area contributed by atoms with Gasteiger partial charge in [0.25, 0.3) is 0 Å². The number of hydrogen-bond donors (Lipinski definition) is 1. The molecule has 74 valence electrons. The molecular weight excluding hydrogens is 211 g/mol. The molecule has 1 fully saturated rings. The molecule has 0 saturated heterocycles. The van der Waals surface area contributed by atoms with Crippen LogP contribution in [0.5, 0.6) is 0 Å². The molecule has 1 rings (SSSR count). The molecule has 0 bridgehead atoms. The van der Waals surface area contributed by atoms with Crippen molar-refractivity contribution in [1.82, 2.24) is 0 Å². The zero-order chi connectivity index (χ0) is 10.4. The molecule has 13 heavy (non-hydrogen) atoms. The van der Waals surface area contributed by atoms with Crippen molar-refractivity contribution < 1.29 is 9.90 Å². The van der Waals surface area contributed by atoms with Crippen molar-refractivity contribution in [2.24, 2.45) is 17.3 Å². The molecule has 0 aromatic heterocycles. The van der Waals surface area contributed by atoms with Gasteiger partial charge in [-0.1, -0.05) is 37.0 Å². The number of carboxylic acid groups (broad SMARTS) is 1. The van der Waals surface area contributed by atoms with Gasteiger partial charge < -0.3 is 5.11 Å². The van der Waals surface area contributed by atoms with Crippen LogP contribution in [-0.2, 0) is 4.79 Å². The van der Waals surface area contributed by atoms with E-state index in [1.54, 1.807) is 6.92 Å². The van der Waals surface area contributed by atoms with Gasteiger partial charge in [-0.25, -0.2) is 0 Å². The Morgan fingerprint density at radius 3 is 2.00 bits per heavy atom. The Balaban J connectivity index is 2.89. The molecule has 0 aliphatic heterocycles. The Hall–Kier alpha value is -0.210. The zero-order valence-corrected chi connectivity index (χ0v) is 9.28. The lowest BCUT2D eigenvalue weighted by Gasteiger charge is -2.01. The monoisotopic (exact) mass is 222 g/mol. The van der Waals surface area contributed by atoms with Gasteiger partial charge in [-0.05, 0) is 17.9 Å². The standard InChI is InChI=1S/C9H12Cl2O2/c1-4(7(10)11)5-6(8(12)13)9(5,2)3/h5-6H,1-3H3,(H,12,13). The highest BCUT2D eigenvalue weighted by Crippen LogP contribution is 2.62. The average Bonchev–Trinajstić information content (AvgIpc) is 2.51. The van der Waals surface area contributed by atoms with Crippen LogP contribution in [0.2, 0.25) is 0 Å². The first-order chi connectivity index (χ1) is 5.80. The summed E-state index contributed by atoms with van der Waals surface area (Å²) in [4.78, 5) is 10.8. The number of hydrogen-bond acceptors (Lipinski definition) is 1. The molecule has 0 spiro atoms. The Kier molecular flexibility index (Phi) is 2.65. The molecule has 2 atom stereocenters. The third-order valence-corrected chi connectivity index (χ3v) is 3.45. The maximum absolute atomic E-state index is 10.8. The largest absolute Gasteiger partial charge is 0.481 e. The minimum Gasteiger partial charge on any atom is -0.481 e. The van der Waals surface area contributed by atoms with Crippen molar-refractivity contribution in [3.8, 4) is 0 Å². The Bertz CT molecular complexity index is 277. The molecule has 0 amide bonds. The van der Waals surface area contributed by atoms with Crippen LogP contribution in [0.1, 0.15) is 20.8 Å². The van der Waals surface area contributed by atoms with Crippen molar-refractivity contribution >= 4 is 29.2 Å². The smallest absolute Gasteiger partial charge is 0.307 e. The fourth-order valence-electron chi connectivity index (χ4n) is 2.02. The molecule has 0 heterocycles. The third-order valence-electron chi connectivity index (χ3n) is 2.86. The molecule has 1 aliphatic rings. The van der Waals surface area contributed by atoms with E-state index in [2.05, 4.69) is 0 Å². The van der Waals surface area contributed by atoms with Crippen molar-refractivity contribution in [2.45, 2.75) is 20.8 Å². The summed E-state index contributed by atoms with van der Waals surface area (Å²) in [5.74, 6) is -1.14. The van der Waals surface area contributed by atoms with Gasteiger partial charge in [0.2, 0.25) is 0 Å². The Labute approximate surface area is 87.5 Å². The highest BCUT2D eigenvalue weighted by atomic mass is 35.5. The number of aliphatic carboxylic acids is 1. The summed E-state index contributed by atoms with van der Waals surface area (Å²) in [5.41, 5.74) is 0.561. The topological polar surface area (TPSA) is 37.3 Å². The molecule has 1 aliphatic carbocycles. The molecule has 2 unspecified atom stereocenters. The van der Waals surface area contributed by atoms with Crippen molar-refractivity contribution in [2.75, 3.05) is 0 Å². The summed E-state index contributed by atoms with van der Waals surface area (Å²) >= 11 is 11.2. The normalized spacial score (nSPS) is 29.6. The number of halogens is 2. The second-order valence-corrected chi connectivity index (χ2v) is 5.01. The van der Waals surface area contributed by atoms with Gasteiger partial charge in [-0.3, -0.25) is 4.79 Å².